The second kappa shape index (κ2) is 5.72. The predicted molar refractivity (Wildman–Crippen MR) is 58.6 cm³/mol. The van der Waals surface area contributed by atoms with Crippen molar-refractivity contribution in [2.75, 3.05) is 6.61 Å². The molecular weight excluding hydrogens is 258 g/mol. The monoisotopic (exact) mass is 264 g/mol. The molecule has 6 heteroatoms. The molecule has 0 fully saturated rings. The first-order chi connectivity index (χ1) is 7.54. The van der Waals surface area contributed by atoms with E-state index in [9.17, 15) is 9.18 Å². The van der Waals surface area contributed by atoms with Gasteiger partial charge in [-0.3, -0.25) is 0 Å². The van der Waals surface area contributed by atoms with Crippen LogP contribution < -0.4 is 4.74 Å². The van der Waals surface area contributed by atoms with Crippen LogP contribution in [0.15, 0.2) is 28.8 Å². The number of carbonyl (C=O) groups is 1. The van der Waals surface area contributed by atoms with Crippen LogP contribution in [0.5, 0.6) is 5.75 Å². The fraction of sp³-hybridized carbons (Fsp3) is 0.100. The summed E-state index contributed by atoms with van der Waals surface area (Å²) in [7, 11) is 0. The van der Waals surface area contributed by atoms with E-state index in [1.165, 1.54) is 6.07 Å². The molecule has 0 atom stereocenters. The standard InChI is InChI=1S/C10H7Cl2FO3/c11-4-6(12)5-16-7-1-2-8(10(14)15)9(13)3-7/h1-4H,5H2,(H,14,15)/b6-4-. The molecule has 3 nitrogen and oxygen atoms in total. The molecule has 0 spiro atoms. The Morgan fingerprint density at radius 3 is 2.75 bits per heavy atom. The Hall–Kier alpha value is -1.26. The molecular formula is C10H7Cl2FO3. The van der Waals surface area contributed by atoms with Gasteiger partial charge in [0.25, 0.3) is 0 Å². The molecule has 1 rings (SSSR count). The molecule has 1 aromatic rings. The van der Waals surface area contributed by atoms with E-state index in [4.69, 9.17) is 33.0 Å². The Bertz CT molecular complexity index is 432. The first-order valence-corrected chi connectivity index (χ1v) is 4.96. The summed E-state index contributed by atoms with van der Waals surface area (Å²) in [6.45, 7) is -0.00306. The van der Waals surface area contributed by atoms with Crippen LogP contribution in [0.1, 0.15) is 10.4 Å². The quantitative estimate of drug-likeness (QED) is 0.909. The van der Waals surface area contributed by atoms with Crippen molar-refractivity contribution < 1.29 is 19.0 Å². The molecule has 0 unspecified atom stereocenters. The average Bonchev–Trinajstić information content (AvgIpc) is 2.25. The SMILES string of the molecule is O=C(O)c1ccc(OC/C(Cl)=C/Cl)cc1F. The molecule has 0 bridgehead atoms. The summed E-state index contributed by atoms with van der Waals surface area (Å²) in [5.74, 6) is -2.02. The van der Waals surface area contributed by atoms with Crippen LogP contribution in [0, 0.1) is 5.82 Å². The van der Waals surface area contributed by atoms with E-state index >= 15 is 0 Å². The Morgan fingerprint density at radius 2 is 2.25 bits per heavy atom. The van der Waals surface area contributed by atoms with Crippen LogP contribution in [-0.4, -0.2) is 17.7 Å². The minimum atomic E-state index is -1.33. The maximum atomic E-state index is 13.2. The lowest BCUT2D eigenvalue weighted by Gasteiger charge is -2.05. The second-order valence-corrected chi connectivity index (χ2v) is 3.50. The highest BCUT2D eigenvalue weighted by Gasteiger charge is 2.10. The Kier molecular flexibility index (Phi) is 4.58. The molecule has 0 aliphatic rings. The number of benzene rings is 1. The van der Waals surface area contributed by atoms with Gasteiger partial charge in [0, 0.05) is 11.6 Å². The van der Waals surface area contributed by atoms with Gasteiger partial charge in [0.05, 0.1) is 10.6 Å². The van der Waals surface area contributed by atoms with Crippen LogP contribution in [-0.2, 0) is 0 Å². The number of ether oxygens (including phenoxy) is 1. The summed E-state index contributed by atoms with van der Waals surface area (Å²) in [5.41, 5.74) is 0.718. The minimum Gasteiger partial charge on any atom is -0.488 e. The van der Waals surface area contributed by atoms with E-state index in [2.05, 4.69) is 0 Å². The molecule has 0 saturated heterocycles. The predicted octanol–water partition coefficient (Wildman–Crippen LogP) is 3.22. The van der Waals surface area contributed by atoms with Crippen molar-refractivity contribution in [1.29, 1.82) is 0 Å². The van der Waals surface area contributed by atoms with E-state index in [0.717, 1.165) is 17.7 Å². The smallest absolute Gasteiger partial charge is 0.338 e. The summed E-state index contributed by atoms with van der Waals surface area (Å²) >= 11 is 10.8. The summed E-state index contributed by atoms with van der Waals surface area (Å²) in [4.78, 5) is 10.5. The molecule has 1 N–H and O–H groups in total. The van der Waals surface area contributed by atoms with Gasteiger partial charge in [-0.25, -0.2) is 9.18 Å². The van der Waals surface area contributed by atoms with Crippen LogP contribution in [0.25, 0.3) is 0 Å². The normalized spacial score (nSPS) is 11.3. The Labute approximate surface area is 101 Å². The third-order valence-corrected chi connectivity index (χ3v) is 2.26. The minimum absolute atomic E-state index is 0.00306. The van der Waals surface area contributed by atoms with Crippen LogP contribution in [0.2, 0.25) is 0 Å². The molecule has 0 saturated carbocycles. The lowest BCUT2D eigenvalue weighted by Crippen LogP contribution is -2.02. The van der Waals surface area contributed by atoms with Crippen molar-refractivity contribution >= 4 is 29.2 Å². The van der Waals surface area contributed by atoms with Gasteiger partial charge in [0.1, 0.15) is 18.2 Å². The van der Waals surface area contributed by atoms with E-state index in [0.29, 0.717) is 0 Å². The number of halogens is 3. The molecule has 0 aliphatic carbocycles. The lowest BCUT2D eigenvalue weighted by molar-refractivity contribution is 0.0692. The Morgan fingerprint density at radius 1 is 1.56 bits per heavy atom. The second-order valence-electron chi connectivity index (χ2n) is 2.79. The molecule has 0 heterocycles. The van der Waals surface area contributed by atoms with Crippen LogP contribution >= 0.6 is 23.2 Å². The van der Waals surface area contributed by atoms with Gasteiger partial charge >= 0.3 is 5.97 Å². The van der Waals surface area contributed by atoms with E-state index in [-0.39, 0.29) is 17.4 Å². The highest BCUT2D eigenvalue weighted by Crippen LogP contribution is 2.18. The fourth-order valence-electron chi connectivity index (χ4n) is 0.943. The molecule has 1 aromatic carbocycles. The van der Waals surface area contributed by atoms with E-state index in [1.54, 1.807) is 0 Å². The lowest BCUT2D eigenvalue weighted by atomic mass is 10.2. The van der Waals surface area contributed by atoms with Gasteiger partial charge in [-0.15, -0.1) is 0 Å². The van der Waals surface area contributed by atoms with Crippen molar-refractivity contribution in [2.45, 2.75) is 0 Å². The van der Waals surface area contributed by atoms with Crippen molar-refractivity contribution in [1.82, 2.24) is 0 Å². The van der Waals surface area contributed by atoms with Gasteiger partial charge in [0.2, 0.25) is 0 Å². The van der Waals surface area contributed by atoms with Gasteiger partial charge in [-0.2, -0.15) is 0 Å². The van der Waals surface area contributed by atoms with Crippen LogP contribution in [0.4, 0.5) is 4.39 Å². The topological polar surface area (TPSA) is 46.5 Å². The van der Waals surface area contributed by atoms with Gasteiger partial charge in [-0.05, 0) is 12.1 Å². The van der Waals surface area contributed by atoms with Gasteiger partial charge < -0.3 is 9.84 Å². The number of carboxylic acids is 1. The highest BCUT2D eigenvalue weighted by atomic mass is 35.5. The zero-order valence-electron chi connectivity index (χ0n) is 7.91. The summed E-state index contributed by atoms with van der Waals surface area (Å²) in [5, 5.41) is 8.84. The maximum Gasteiger partial charge on any atom is 0.338 e. The summed E-state index contributed by atoms with van der Waals surface area (Å²) < 4.78 is 18.2. The van der Waals surface area contributed by atoms with E-state index < -0.39 is 17.3 Å². The number of carboxylic acid groups (broad SMARTS) is 1. The van der Waals surface area contributed by atoms with Gasteiger partial charge in [-0.1, -0.05) is 23.2 Å². The van der Waals surface area contributed by atoms with Crippen molar-refractivity contribution in [3.8, 4) is 5.75 Å². The van der Waals surface area contributed by atoms with Gasteiger partial charge in [0.15, 0.2) is 0 Å². The van der Waals surface area contributed by atoms with Crippen LogP contribution in [0.3, 0.4) is 0 Å². The van der Waals surface area contributed by atoms with E-state index in [1.807, 2.05) is 0 Å². The molecule has 0 aromatic heterocycles. The number of hydrogen-bond acceptors (Lipinski definition) is 2. The number of aromatic carboxylic acids is 1. The zero-order chi connectivity index (χ0) is 12.1. The third-order valence-electron chi connectivity index (χ3n) is 1.67. The number of rotatable bonds is 4. The third kappa shape index (κ3) is 3.40. The molecule has 0 aliphatic heterocycles. The Balaban J connectivity index is 2.78. The first kappa shape index (κ1) is 12.8. The average molecular weight is 265 g/mol. The maximum absolute atomic E-state index is 13.2. The fourth-order valence-corrected chi connectivity index (χ4v) is 1.06. The summed E-state index contributed by atoms with van der Waals surface area (Å²) in [6.07, 6.45) is 0. The van der Waals surface area contributed by atoms with Crippen molar-refractivity contribution in [2.24, 2.45) is 0 Å². The number of hydrogen-bond donors (Lipinski definition) is 1. The largest absolute Gasteiger partial charge is 0.488 e. The highest BCUT2D eigenvalue weighted by molar-refractivity contribution is 6.36. The molecule has 86 valence electrons. The molecule has 0 amide bonds. The molecule has 0 radical (unpaired) electrons. The van der Waals surface area contributed by atoms with Crippen molar-refractivity contribution in [3.05, 3.63) is 40.1 Å². The first-order valence-electron chi connectivity index (χ1n) is 4.15. The molecule has 16 heavy (non-hydrogen) atoms. The van der Waals surface area contributed by atoms with Crippen molar-refractivity contribution in [3.63, 3.8) is 0 Å². The summed E-state index contributed by atoms with van der Waals surface area (Å²) in [6, 6.07) is 3.43. The zero-order valence-corrected chi connectivity index (χ0v) is 9.43.